The van der Waals surface area contributed by atoms with Crippen LogP contribution in [-0.2, 0) is 0 Å². The largest absolute Gasteiger partial charge is 0.331 e. The molecule has 90 valence electrons. The van der Waals surface area contributed by atoms with E-state index >= 15 is 0 Å². The van der Waals surface area contributed by atoms with E-state index < -0.39 is 0 Å². The molecular weight excluding hydrogens is 292 g/mol. The van der Waals surface area contributed by atoms with Crippen LogP contribution in [0.2, 0.25) is 0 Å². The Kier molecular flexibility index (Phi) is 2.59. The molecule has 0 saturated heterocycles. The van der Waals surface area contributed by atoms with E-state index in [0.717, 1.165) is 26.8 Å². The van der Waals surface area contributed by atoms with E-state index in [1.807, 2.05) is 49.4 Å². The van der Waals surface area contributed by atoms with Gasteiger partial charge in [0.25, 0.3) is 0 Å². The Labute approximate surface area is 112 Å². The first-order chi connectivity index (χ1) is 8.65. The van der Waals surface area contributed by atoms with Gasteiger partial charge in [-0.2, -0.15) is 0 Å². The second kappa shape index (κ2) is 4.14. The molecule has 0 atom stereocenters. The minimum absolute atomic E-state index is 0.117. The molecule has 2 aromatic carbocycles. The molecule has 0 aliphatic heterocycles. The van der Waals surface area contributed by atoms with Crippen molar-refractivity contribution in [2.75, 3.05) is 0 Å². The van der Waals surface area contributed by atoms with Crippen LogP contribution in [0.4, 0.5) is 0 Å². The molecule has 1 aromatic heterocycles. The number of aromatic nitrogens is 2. The maximum absolute atomic E-state index is 12.1. The summed E-state index contributed by atoms with van der Waals surface area (Å²) >= 11 is 3.43. The molecule has 1 N–H and O–H groups in total. The number of aromatic amines is 1. The van der Waals surface area contributed by atoms with Gasteiger partial charge in [-0.1, -0.05) is 28.1 Å². The molecule has 3 rings (SSSR count). The second-order valence-electron chi connectivity index (χ2n) is 4.27. The summed E-state index contributed by atoms with van der Waals surface area (Å²) in [6.45, 7) is 2.01. The number of rotatable bonds is 1. The fraction of sp³-hybridized carbons (Fsp3) is 0.0714. The number of hydrogen-bond donors (Lipinski definition) is 1. The number of H-pyrrole nitrogens is 1. The third-order valence-electron chi connectivity index (χ3n) is 2.91. The van der Waals surface area contributed by atoms with Crippen molar-refractivity contribution >= 4 is 27.0 Å². The molecule has 18 heavy (non-hydrogen) atoms. The topological polar surface area (TPSA) is 37.8 Å². The van der Waals surface area contributed by atoms with Crippen molar-refractivity contribution in [2.24, 2.45) is 0 Å². The predicted octanol–water partition coefficient (Wildman–Crippen LogP) is 3.39. The highest BCUT2D eigenvalue weighted by Crippen LogP contribution is 2.20. The molecule has 0 amide bonds. The number of aryl methyl sites for hydroxylation is 1. The molecule has 1 heterocycles. The van der Waals surface area contributed by atoms with Crippen LogP contribution >= 0.6 is 15.9 Å². The number of hydrogen-bond acceptors (Lipinski definition) is 1. The molecule has 0 aliphatic rings. The van der Waals surface area contributed by atoms with Crippen molar-refractivity contribution in [3.8, 4) is 5.69 Å². The number of imidazole rings is 1. The lowest BCUT2D eigenvalue weighted by molar-refractivity contribution is 1.01. The van der Waals surface area contributed by atoms with Gasteiger partial charge in [-0.25, -0.2) is 4.79 Å². The zero-order valence-corrected chi connectivity index (χ0v) is 11.4. The Morgan fingerprint density at radius 3 is 2.78 bits per heavy atom. The van der Waals surface area contributed by atoms with Crippen LogP contribution < -0.4 is 5.69 Å². The van der Waals surface area contributed by atoms with Crippen molar-refractivity contribution in [3.05, 3.63) is 63.0 Å². The van der Waals surface area contributed by atoms with Gasteiger partial charge in [-0.05, 0) is 42.8 Å². The molecule has 0 unspecified atom stereocenters. The van der Waals surface area contributed by atoms with Gasteiger partial charge in [0.2, 0.25) is 0 Å². The number of nitrogens with zero attached hydrogens (tertiary/aromatic N) is 1. The molecule has 0 fully saturated rings. The zero-order valence-electron chi connectivity index (χ0n) is 9.77. The highest BCUT2D eigenvalue weighted by atomic mass is 79.9. The molecule has 0 spiro atoms. The summed E-state index contributed by atoms with van der Waals surface area (Å²) in [4.78, 5) is 14.9. The van der Waals surface area contributed by atoms with E-state index in [-0.39, 0.29) is 5.69 Å². The zero-order chi connectivity index (χ0) is 12.7. The lowest BCUT2D eigenvalue weighted by atomic mass is 10.2. The van der Waals surface area contributed by atoms with Gasteiger partial charge in [0, 0.05) is 4.47 Å². The van der Waals surface area contributed by atoms with Crippen LogP contribution in [-0.4, -0.2) is 9.55 Å². The standard InChI is InChI=1S/C14H11BrN2O/c1-9-3-2-4-11(7-9)17-13-8-10(15)5-6-12(13)16-14(17)18/h2-8H,1H3,(H,16,18). The first-order valence-electron chi connectivity index (χ1n) is 5.62. The van der Waals surface area contributed by atoms with Gasteiger partial charge in [0.05, 0.1) is 16.7 Å². The van der Waals surface area contributed by atoms with Gasteiger partial charge < -0.3 is 4.98 Å². The van der Waals surface area contributed by atoms with E-state index in [1.165, 1.54) is 0 Å². The van der Waals surface area contributed by atoms with Crippen molar-refractivity contribution < 1.29 is 0 Å². The molecule has 3 aromatic rings. The maximum atomic E-state index is 12.1. The van der Waals surface area contributed by atoms with Crippen molar-refractivity contribution in [3.63, 3.8) is 0 Å². The molecule has 0 radical (unpaired) electrons. The fourth-order valence-electron chi connectivity index (χ4n) is 2.10. The second-order valence-corrected chi connectivity index (χ2v) is 5.18. The third-order valence-corrected chi connectivity index (χ3v) is 3.40. The summed E-state index contributed by atoms with van der Waals surface area (Å²) in [7, 11) is 0. The first-order valence-corrected chi connectivity index (χ1v) is 6.42. The van der Waals surface area contributed by atoms with Crippen LogP contribution in [0.3, 0.4) is 0 Å². The Morgan fingerprint density at radius 1 is 1.17 bits per heavy atom. The Bertz CT molecular complexity index is 786. The summed E-state index contributed by atoms with van der Waals surface area (Å²) in [5.74, 6) is 0. The average Bonchev–Trinajstić information content (AvgIpc) is 2.64. The van der Waals surface area contributed by atoms with E-state index in [2.05, 4.69) is 20.9 Å². The van der Waals surface area contributed by atoms with Crippen LogP contribution in [0.1, 0.15) is 5.56 Å². The number of halogens is 1. The quantitative estimate of drug-likeness (QED) is 0.735. The highest BCUT2D eigenvalue weighted by Gasteiger charge is 2.08. The van der Waals surface area contributed by atoms with Crippen LogP contribution in [0.15, 0.2) is 51.7 Å². The van der Waals surface area contributed by atoms with E-state index in [4.69, 9.17) is 0 Å². The summed E-state index contributed by atoms with van der Waals surface area (Å²) in [6, 6.07) is 13.6. The lowest BCUT2D eigenvalue weighted by Crippen LogP contribution is -2.14. The van der Waals surface area contributed by atoms with Crippen molar-refractivity contribution in [1.82, 2.24) is 9.55 Å². The van der Waals surface area contributed by atoms with Crippen LogP contribution in [0.5, 0.6) is 0 Å². The molecule has 0 aliphatic carbocycles. The minimum atomic E-state index is -0.117. The molecular formula is C14H11BrN2O. The van der Waals surface area contributed by atoms with Crippen molar-refractivity contribution in [2.45, 2.75) is 6.92 Å². The Morgan fingerprint density at radius 2 is 2.00 bits per heavy atom. The molecule has 4 heteroatoms. The van der Waals surface area contributed by atoms with Crippen LogP contribution in [0.25, 0.3) is 16.7 Å². The summed E-state index contributed by atoms with van der Waals surface area (Å²) < 4.78 is 2.64. The lowest BCUT2D eigenvalue weighted by Gasteiger charge is -2.04. The molecule has 0 bridgehead atoms. The van der Waals surface area contributed by atoms with E-state index in [0.29, 0.717) is 0 Å². The summed E-state index contributed by atoms with van der Waals surface area (Å²) in [5, 5.41) is 0. The van der Waals surface area contributed by atoms with E-state index in [1.54, 1.807) is 4.57 Å². The SMILES string of the molecule is Cc1cccc(-n2c(=O)[nH]c3ccc(Br)cc32)c1. The average molecular weight is 303 g/mol. The first kappa shape index (κ1) is 11.3. The number of fused-ring (bicyclic) bond motifs is 1. The normalized spacial score (nSPS) is 11.0. The predicted molar refractivity (Wildman–Crippen MR) is 76.3 cm³/mol. The third kappa shape index (κ3) is 1.78. The van der Waals surface area contributed by atoms with Gasteiger partial charge >= 0.3 is 5.69 Å². The molecule has 3 nitrogen and oxygen atoms in total. The Hall–Kier alpha value is -1.81. The smallest absolute Gasteiger partial charge is 0.305 e. The van der Waals surface area contributed by atoms with E-state index in [9.17, 15) is 4.79 Å². The fourth-order valence-corrected chi connectivity index (χ4v) is 2.45. The number of benzene rings is 2. The highest BCUT2D eigenvalue weighted by molar-refractivity contribution is 9.10. The Balaban J connectivity index is 2.38. The summed E-state index contributed by atoms with van der Waals surface area (Å²) in [6.07, 6.45) is 0. The molecule has 0 saturated carbocycles. The summed E-state index contributed by atoms with van der Waals surface area (Å²) in [5.41, 5.74) is 3.60. The minimum Gasteiger partial charge on any atom is -0.305 e. The van der Waals surface area contributed by atoms with Crippen molar-refractivity contribution in [1.29, 1.82) is 0 Å². The van der Waals surface area contributed by atoms with Gasteiger partial charge in [0.1, 0.15) is 0 Å². The van der Waals surface area contributed by atoms with Gasteiger partial charge in [-0.15, -0.1) is 0 Å². The maximum Gasteiger partial charge on any atom is 0.331 e. The monoisotopic (exact) mass is 302 g/mol. The van der Waals surface area contributed by atoms with Gasteiger partial charge in [0.15, 0.2) is 0 Å². The van der Waals surface area contributed by atoms with Gasteiger partial charge in [-0.3, -0.25) is 4.57 Å². The number of nitrogens with one attached hydrogen (secondary N) is 1. The van der Waals surface area contributed by atoms with Crippen LogP contribution in [0, 0.1) is 6.92 Å².